The van der Waals surface area contributed by atoms with Crippen LogP contribution in [0.4, 0.5) is 5.95 Å². The first kappa shape index (κ1) is 17.9. The first-order valence-electron chi connectivity index (χ1n) is 7.90. The maximum absolute atomic E-state index is 12.4. The number of halogens is 2. The van der Waals surface area contributed by atoms with E-state index in [1.165, 1.54) is 0 Å². The zero-order chi connectivity index (χ0) is 18.5. The second-order valence-electron chi connectivity index (χ2n) is 6.46. The van der Waals surface area contributed by atoms with Crippen molar-refractivity contribution in [2.75, 3.05) is 5.73 Å². The van der Waals surface area contributed by atoms with Gasteiger partial charge in [0, 0.05) is 21.8 Å². The number of nitrogens with zero attached hydrogens (tertiary/aromatic N) is 4. The molecule has 2 N–H and O–H groups in total. The van der Waals surface area contributed by atoms with Gasteiger partial charge in [0.05, 0.1) is 5.39 Å². The van der Waals surface area contributed by atoms with Crippen molar-refractivity contribution in [3.63, 3.8) is 0 Å². The summed E-state index contributed by atoms with van der Waals surface area (Å²) < 4.78 is 3.75. The predicted octanol–water partition coefficient (Wildman–Crippen LogP) is 3.85. The van der Waals surface area contributed by atoms with Gasteiger partial charge in [-0.15, -0.1) is 0 Å². The number of nitrogens with two attached hydrogens (primary N) is 1. The molecule has 0 aliphatic heterocycles. The van der Waals surface area contributed by atoms with Crippen LogP contribution in [0.25, 0.3) is 11.0 Å². The zero-order valence-corrected chi connectivity index (χ0v) is 16.8. The van der Waals surface area contributed by atoms with Gasteiger partial charge < -0.3 is 15.5 Å². The number of pyridine rings is 1. The van der Waals surface area contributed by atoms with Gasteiger partial charge in [-0.2, -0.15) is 9.71 Å². The third-order valence-electron chi connectivity index (χ3n) is 4.35. The smallest absolute Gasteiger partial charge is 0.223 e. The van der Waals surface area contributed by atoms with E-state index in [0.717, 1.165) is 31.3 Å². The van der Waals surface area contributed by atoms with Gasteiger partial charge in [-0.25, -0.2) is 4.98 Å². The van der Waals surface area contributed by atoms with E-state index < -0.39 is 0 Å². The fourth-order valence-corrected chi connectivity index (χ4v) is 3.61. The van der Waals surface area contributed by atoms with Crippen molar-refractivity contribution < 1.29 is 4.73 Å². The largest absolute Gasteiger partial charge is 0.618 e. The Morgan fingerprint density at radius 3 is 2.68 bits per heavy atom. The molecule has 0 atom stereocenters. The number of anilines is 1. The highest BCUT2D eigenvalue weighted by atomic mass is 79.9. The molecule has 3 heterocycles. The number of hydrogen-bond donors (Lipinski definition) is 1. The molecule has 0 saturated carbocycles. The molecule has 25 heavy (non-hydrogen) atoms. The van der Waals surface area contributed by atoms with Crippen LogP contribution >= 0.6 is 27.5 Å². The van der Waals surface area contributed by atoms with E-state index in [1.54, 1.807) is 6.20 Å². The second-order valence-corrected chi connectivity index (χ2v) is 7.61. The minimum absolute atomic E-state index is 0.115. The minimum Gasteiger partial charge on any atom is -0.618 e. The average molecular weight is 425 g/mol. The topological polar surface area (TPSA) is 83.7 Å². The maximum atomic E-state index is 12.4. The molecule has 0 saturated heterocycles. The summed E-state index contributed by atoms with van der Waals surface area (Å²) in [5.74, 6) is 0.350. The van der Waals surface area contributed by atoms with E-state index in [0.29, 0.717) is 23.0 Å². The number of aromatic nitrogens is 4. The van der Waals surface area contributed by atoms with Gasteiger partial charge in [-0.05, 0) is 41.3 Å². The van der Waals surface area contributed by atoms with Crippen LogP contribution in [-0.2, 0) is 6.54 Å². The number of hydrogen-bond acceptors (Lipinski definition) is 4. The lowest BCUT2D eigenvalue weighted by Crippen LogP contribution is -2.34. The van der Waals surface area contributed by atoms with E-state index in [1.807, 2.05) is 24.6 Å². The third-order valence-corrected chi connectivity index (χ3v) is 5.84. The van der Waals surface area contributed by atoms with Crippen molar-refractivity contribution >= 4 is 44.5 Å². The Morgan fingerprint density at radius 2 is 2.04 bits per heavy atom. The molecule has 132 valence electrons. The Morgan fingerprint density at radius 1 is 1.36 bits per heavy atom. The lowest BCUT2D eigenvalue weighted by molar-refractivity contribution is -0.615. The standard InChI is InChI=1S/C17H19BrClN5O/c1-8(2)11-6-23(16-13(11)15(19)21-17(20)22-16)7-12-10(4)14(18)9(3)5-24(12)25/h5-6,8H,7H2,1-4H3,(H2,20,21,22). The summed E-state index contributed by atoms with van der Waals surface area (Å²) in [4.78, 5) is 8.43. The molecule has 0 unspecified atom stereocenters. The molecule has 3 rings (SSSR count). The van der Waals surface area contributed by atoms with E-state index in [4.69, 9.17) is 17.3 Å². The quantitative estimate of drug-likeness (QED) is 0.393. The summed E-state index contributed by atoms with van der Waals surface area (Å²) in [6.45, 7) is 8.34. The van der Waals surface area contributed by atoms with Crippen molar-refractivity contribution in [3.05, 3.63) is 49.6 Å². The second kappa shape index (κ2) is 6.46. The van der Waals surface area contributed by atoms with E-state index in [2.05, 4.69) is 39.7 Å². The fourth-order valence-electron chi connectivity index (χ4n) is 2.99. The van der Waals surface area contributed by atoms with Gasteiger partial charge in [0.1, 0.15) is 17.3 Å². The van der Waals surface area contributed by atoms with Crippen LogP contribution in [0.5, 0.6) is 0 Å². The summed E-state index contributed by atoms with van der Waals surface area (Å²) in [6.07, 6.45) is 3.54. The molecule has 0 spiro atoms. The third kappa shape index (κ3) is 3.06. The van der Waals surface area contributed by atoms with E-state index in [-0.39, 0.29) is 11.9 Å². The van der Waals surface area contributed by atoms with Gasteiger partial charge in [-0.1, -0.05) is 25.4 Å². The van der Waals surface area contributed by atoms with Gasteiger partial charge >= 0.3 is 0 Å². The van der Waals surface area contributed by atoms with Crippen molar-refractivity contribution in [3.8, 4) is 0 Å². The average Bonchev–Trinajstić information content (AvgIpc) is 2.88. The molecule has 3 aromatic rings. The van der Waals surface area contributed by atoms with Crippen LogP contribution in [0.2, 0.25) is 5.15 Å². The molecule has 0 amide bonds. The molecular weight excluding hydrogens is 406 g/mol. The van der Waals surface area contributed by atoms with Gasteiger partial charge in [0.2, 0.25) is 11.6 Å². The molecule has 0 radical (unpaired) electrons. The summed E-state index contributed by atoms with van der Waals surface area (Å²) in [6, 6.07) is 0. The highest BCUT2D eigenvalue weighted by Gasteiger charge is 2.21. The van der Waals surface area contributed by atoms with Crippen molar-refractivity contribution in [2.24, 2.45) is 0 Å². The van der Waals surface area contributed by atoms with Gasteiger partial charge in [0.15, 0.2) is 6.20 Å². The van der Waals surface area contributed by atoms with E-state index in [9.17, 15) is 5.21 Å². The fraction of sp³-hybridized carbons (Fsp3) is 0.353. The monoisotopic (exact) mass is 423 g/mol. The predicted molar refractivity (Wildman–Crippen MR) is 103 cm³/mol. The normalized spacial score (nSPS) is 11.6. The number of aryl methyl sites for hydroxylation is 1. The molecule has 0 aliphatic carbocycles. The Hall–Kier alpha value is -1.86. The van der Waals surface area contributed by atoms with Crippen LogP contribution in [0, 0.1) is 19.1 Å². The number of nitrogen functional groups attached to an aromatic ring is 1. The number of fused-ring (bicyclic) bond motifs is 1. The van der Waals surface area contributed by atoms with Gasteiger partial charge in [-0.3, -0.25) is 0 Å². The first-order chi connectivity index (χ1) is 11.7. The molecule has 0 aromatic carbocycles. The molecule has 0 aliphatic rings. The summed E-state index contributed by atoms with van der Waals surface area (Å²) in [5.41, 5.74) is 9.88. The molecule has 8 heteroatoms. The van der Waals surface area contributed by atoms with E-state index >= 15 is 0 Å². The Bertz CT molecular complexity index is 983. The lowest BCUT2D eigenvalue weighted by atomic mass is 10.0. The van der Waals surface area contributed by atoms with Crippen LogP contribution < -0.4 is 10.5 Å². The summed E-state index contributed by atoms with van der Waals surface area (Å²) in [7, 11) is 0. The zero-order valence-electron chi connectivity index (χ0n) is 14.5. The van der Waals surface area contributed by atoms with Crippen molar-refractivity contribution in [1.29, 1.82) is 0 Å². The van der Waals surface area contributed by atoms with Gasteiger partial charge in [0.25, 0.3) is 0 Å². The summed E-state index contributed by atoms with van der Waals surface area (Å²) >= 11 is 9.87. The molecule has 6 nitrogen and oxygen atoms in total. The SMILES string of the molecule is Cc1c[n+]([O-])c(Cn2cc(C(C)C)c3c(Cl)nc(N)nc32)c(C)c1Br. The van der Waals surface area contributed by atoms with Crippen LogP contribution in [-0.4, -0.2) is 14.5 Å². The molecule has 3 aromatic heterocycles. The van der Waals surface area contributed by atoms with Crippen molar-refractivity contribution in [1.82, 2.24) is 14.5 Å². The van der Waals surface area contributed by atoms with Crippen LogP contribution in [0.1, 0.15) is 42.1 Å². The Balaban J connectivity index is 2.23. The summed E-state index contributed by atoms with van der Waals surface area (Å²) in [5, 5.41) is 13.5. The minimum atomic E-state index is 0.115. The Labute approximate surface area is 159 Å². The molecule has 0 fully saturated rings. The van der Waals surface area contributed by atoms with Crippen LogP contribution in [0.15, 0.2) is 16.9 Å². The maximum Gasteiger partial charge on any atom is 0.223 e. The Kier molecular flexibility index (Phi) is 4.64. The highest BCUT2D eigenvalue weighted by molar-refractivity contribution is 9.10. The molecule has 0 bridgehead atoms. The lowest BCUT2D eigenvalue weighted by Gasteiger charge is -2.12. The molecular formula is C17H19BrClN5O. The first-order valence-corrected chi connectivity index (χ1v) is 9.07. The highest BCUT2D eigenvalue weighted by Crippen LogP contribution is 2.32. The number of rotatable bonds is 3. The van der Waals surface area contributed by atoms with Crippen LogP contribution in [0.3, 0.4) is 0 Å². The van der Waals surface area contributed by atoms with Crippen molar-refractivity contribution in [2.45, 2.75) is 40.2 Å².